The highest BCUT2D eigenvalue weighted by Gasteiger charge is 2.07. The van der Waals surface area contributed by atoms with Crippen molar-refractivity contribution < 1.29 is 13.9 Å². The summed E-state index contributed by atoms with van der Waals surface area (Å²) in [6, 6.07) is 13.4. The Morgan fingerprint density at radius 1 is 1.09 bits per heavy atom. The number of hydrazone groups is 1. The Balaban J connectivity index is 1.80. The number of fused-ring (bicyclic) bond motifs is 1. The fourth-order valence-corrected chi connectivity index (χ4v) is 2.09. The van der Waals surface area contributed by atoms with Gasteiger partial charge in [-0.05, 0) is 24.3 Å². The van der Waals surface area contributed by atoms with Gasteiger partial charge >= 0.3 is 6.01 Å². The van der Waals surface area contributed by atoms with E-state index < -0.39 is 0 Å². The Morgan fingerprint density at radius 2 is 1.95 bits per heavy atom. The topological polar surface area (TPSA) is 68.9 Å². The van der Waals surface area contributed by atoms with Crippen molar-refractivity contribution in [2.24, 2.45) is 5.10 Å². The van der Waals surface area contributed by atoms with Crippen LogP contribution in [-0.2, 0) is 0 Å². The Labute approximate surface area is 127 Å². The number of aromatic nitrogens is 1. The molecule has 1 aromatic heterocycles. The lowest BCUT2D eigenvalue weighted by Crippen LogP contribution is -1.96. The number of anilines is 1. The predicted octanol–water partition coefficient (Wildman–Crippen LogP) is 3.29. The van der Waals surface area contributed by atoms with Gasteiger partial charge in [0.05, 0.1) is 20.4 Å². The minimum absolute atomic E-state index is 0.333. The molecule has 6 heteroatoms. The molecule has 0 unspecified atom stereocenters. The zero-order valence-corrected chi connectivity index (χ0v) is 12.2. The van der Waals surface area contributed by atoms with E-state index >= 15 is 0 Å². The first-order chi connectivity index (χ1) is 10.8. The van der Waals surface area contributed by atoms with Gasteiger partial charge in [0.2, 0.25) is 0 Å². The molecule has 3 rings (SSSR count). The van der Waals surface area contributed by atoms with E-state index in [-0.39, 0.29) is 0 Å². The van der Waals surface area contributed by atoms with Gasteiger partial charge in [-0.15, -0.1) is 0 Å². The number of ether oxygens (including phenoxy) is 2. The first kappa shape index (κ1) is 13.9. The van der Waals surface area contributed by atoms with Gasteiger partial charge in [-0.3, -0.25) is 0 Å². The Bertz CT molecular complexity index is 778. The molecule has 22 heavy (non-hydrogen) atoms. The minimum atomic E-state index is 0.333. The van der Waals surface area contributed by atoms with Gasteiger partial charge in [0.15, 0.2) is 17.1 Å². The molecule has 0 amide bonds. The lowest BCUT2D eigenvalue weighted by molar-refractivity contribution is 0.354. The summed E-state index contributed by atoms with van der Waals surface area (Å²) in [6.45, 7) is 0. The quantitative estimate of drug-likeness (QED) is 0.578. The second-order valence-corrected chi connectivity index (χ2v) is 4.44. The van der Waals surface area contributed by atoms with Crippen molar-refractivity contribution in [1.82, 2.24) is 4.98 Å². The summed E-state index contributed by atoms with van der Waals surface area (Å²) < 4.78 is 16.1. The third-order valence-corrected chi connectivity index (χ3v) is 3.09. The Morgan fingerprint density at radius 3 is 2.73 bits per heavy atom. The lowest BCUT2D eigenvalue weighted by atomic mass is 10.2. The van der Waals surface area contributed by atoms with E-state index in [2.05, 4.69) is 15.5 Å². The number of oxazole rings is 1. The first-order valence-electron chi connectivity index (χ1n) is 6.67. The van der Waals surface area contributed by atoms with E-state index in [0.717, 1.165) is 11.1 Å². The summed E-state index contributed by atoms with van der Waals surface area (Å²) in [5, 5.41) is 4.12. The highest BCUT2D eigenvalue weighted by atomic mass is 16.5. The number of methoxy groups -OCH3 is 2. The third-order valence-electron chi connectivity index (χ3n) is 3.09. The third kappa shape index (κ3) is 2.71. The number of hydrogen-bond acceptors (Lipinski definition) is 6. The van der Waals surface area contributed by atoms with E-state index in [0.29, 0.717) is 23.1 Å². The van der Waals surface area contributed by atoms with Crippen LogP contribution in [0.1, 0.15) is 5.56 Å². The molecule has 0 aliphatic carbocycles. The normalized spacial score (nSPS) is 11.0. The molecule has 6 nitrogen and oxygen atoms in total. The fraction of sp³-hybridized carbons (Fsp3) is 0.125. The molecule has 0 bridgehead atoms. The zero-order chi connectivity index (χ0) is 15.4. The summed E-state index contributed by atoms with van der Waals surface area (Å²) >= 11 is 0. The van der Waals surface area contributed by atoms with E-state index in [1.54, 1.807) is 20.4 Å². The standard InChI is InChI=1S/C16H15N3O3/c1-20-14-9-5-6-11(15(14)21-2)10-17-19-16-18-12-7-3-4-8-13(12)22-16/h3-10H,1-2H3,(H,18,19)/b17-10-. The Kier molecular flexibility index (Phi) is 3.91. The van der Waals surface area contributed by atoms with Crippen LogP contribution in [0.5, 0.6) is 11.5 Å². The molecule has 2 aromatic carbocycles. The van der Waals surface area contributed by atoms with Crippen LogP contribution in [0.2, 0.25) is 0 Å². The highest BCUT2D eigenvalue weighted by Crippen LogP contribution is 2.29. The lowest BCUT2D eigenvalue weighted by Gasteiger charge is -2.09. The van der Waals surface area contributed by atoms with Gasteiger partial charge < -0.3 is 13.9 Å². The second kappa shape index (κ2) is 6.17. The summed E-state index contributed by atoms with van der Waals surface area (Å²) in [7, 11) is 3.18. The van der Waals surface area contributed by atoms with Crippen molar-refractivity contribution in [2.45, 2.75) is 0 Å². The largest absolute Gasteiger partial charge is 0.493 e. The van der Waals surface area contributed by atoms with Crippen molar-refractivity contribution >= 4 is 23.3 Å². The van der Waals surface area contributed by atoms with Crippen molar-refractivity contribution in [2.75, 3.05) is 19.6 Å². The summed E-state index contributed by atoms with van der Waals surface area (Å²) in [5.41, 5.74) is 5.03. The van der Waals surface area contributed by atoms with Crippen LogP contribution in [0.4, 0.5) is 6.01 Å². The molecule has 1 heterocycles. The van der Waals surface area contributed by atoms with Crippen LogP contribution in [-0.4, -0.2) is 25.4 Å². The number of benzene rings is 2. The average molecular weight is 297 g/mol. The van der Waals surface area contributed by atoms with Crippen molar-refractivity contribution in [3.63, 3.8) is 0 Å². The van der Waals surface area contributed by atoms with Crippen molar-refractivity contribution in [3.8, 4) is 11.5 Å². The molecule has 0 aliphatic rings. The highest BCUT2D eigenvalue weighted by molar-refractivity contribution is 5.85. The molecule has 0 saturated carbocycles. The molecular formula is C16H15N3O3. The van der Waals surface area contributed by atoms with Gasteiger partial charge in [0, 0.05) is 5.56 Å². The summed E-state index contributed by atoms with van der Waals surface area (Å²) in [5.74, 6) is 1.27. The van der Waals surface area contributed by atoms with E-state index in [4.69, 9.17) is 13.9 Å². The van der Waals surface area contributed by atoms with Gasteiger partial charge in [-0.25, -0.2) is 5.43 Å². The van der Waals surface area contributed by atoms with E-state index in [9.17, 15) is 0 Å². The van der Waals surface area contributed by atoms with Gasteiger partial charge in [0.25, 0.3) is 0 Å². The molecule has 0 radical (unpaired) electrons. The first-order valence-corrected chi connectivity index (χ1v) is 6.67. The van der Waals surface area contributed by atoms with Gasteiger partial charge in [-0.2, -0.15) is 10.1 Å². The fourth-order valence-electron chi connectivity index (χ4n) is 2.09. The number of rotatable bonds is 5. The average Bonchev–Trinajstić information content (AvgIpc) is 2.97. The number of hydrogen-bond donors (Lipinski definition) is 1. The molecule has 0 saturated heterocycles. The molecule has 1 N–H and O–H groups in total. The maximum Gasteiger partial charge on any atom is 0.316 e. The van der Waals surface area contributed by atoms with Crippen molar-refractivity contribution in [1.29, 1.82) is 0 Å². The maximum absolute atomic E-state index is 5.52. The van der Waals surface area contributed by atoms with Crippen LogP contribution in [0.25, 0.3) is 11.1 Å². The van der Waals surface area contributed by atoms with Gasteiger partial charge in [-0.1, -0.05) is 18.2 Å². The summed E-state index contributed by atoms with van der Waals surface area (Å²) in [4.78, 5) is 4.27. The molecule has 112 valence electrons. The van der Waals surface area contributed by atoms with Crippen LogP contribution < -0.4 is 14.9 Å². The molecule has 0 atom stereocenters. The van der Waals surface area contributed by atoms with Crippen molar-refractivity contribution in [3.05, 3.63) is 48.0 Å². The maximum atomic E-state index is 5.52. The van der Waals surface area contributed by atoms with Crippen LogP contribution in [0, 0.1) is 0 Å². The SMILES string of the molecule is COc1cccc(/C=N\Nc2nc3ccccc3o2)c1OC. The molecule has 0 fully saturated rings. The monoisotopic (exact) mass is 297 g/mol. The number of para-hydroxylation sites is 3. The summed E-state index contributed by atoms with van der Waals surface area (Å²) in [6.07, 6.45) is 1.62. The van der Waals surface area contributed by atoms with Crippen LogP contribution >= 0.6 is 0 Å². The van der Waals surface area contributed by atoms with Crippen LogP contribution in [0.15, 0.2) is 52.0 Å². The molecule has 0 aliphatic heterocycles. The second-order valence-electron chi connectivity index (χ2n) is 4.44. The van der Waals surface area contributed by atoms with Gasteiger partial charge in [0.1, 0.15) is 5.52 Å². The molecule has 3 aromatic rings. The van der Waals surface area contributed by atoms with Crippen LogP contribution in [0.3, 0.4) is 0 Å². The smallest absolute Gasteiger partial charge is 0.316 e. The molecule has 0 spiro atoms. The Hall–Kier alpha value is -3.02. The minimum Gasteiger partial charge on any atom is -0.493 e. The number of nitrogens with zero attached hydrogens (tertiary/aromatic N) is 2. The zero-order valence-electron chi connectivity index (χ0n) is 12.2. The number of nitrogens with one attached hydrogen (secondary N) is 1. The predicted molar refractivity (Wildman–Crippen MR) is 84.8 cm³/mol. The van der Waals surface area contributed by atoms with E-state index in [1.807, 2.05) is 42.5 Å². The van der Waals surface area contributed by atoms with E-state index in [1.165, 1.54) is 0 Å². The molecular weight excluding hydrogens is 282 g/mol.